The van der Waals surface area contributed by atoms with Crippen LogP contribution in [0, 0.1) is 0 Å². The Morgan fingerprint density at radius 1 is 1.12 bits per heavy atom. The van der Waals surface area contributed by atoms with Crippen LogP contribution in [0.3, 0.4) is 0 Å². The van der Waals surface area contributed by atoms with Crippen molar-refractivity contribution in [1.29, 1.82) is 0 Å². The summed E-state index contributed by atoms with van der Waals surface area (Å²) in [5.74, 6) is 0. The number of rotatable bonds is 8. The second kappa shape index (κ2) is 9.33. The smallest absolute Gasteiger partial charge is 0.315 e. The summed E-state index contributed by atoms with van der Waals surface area (Å²) in [6.07, 6.45) is -0.267. The van der Waals surface area contributed by atoms with E-state index < -0.39 is 0 Å². The molecule has 0 saturated heterocycles. The van der Waals surface area contributed by atoms with Crippen molar-refractivity contribution in [2.45, 2.75) is 12.6 Å². The van der Waals surface area contributed by atoms with Crippen molar-refractivity contribution in [3.05, 3.63) is 70.4 Å². The summed E-state index contributed by atoms with van der Waals surface area (Å²) in [6.45, 7) is 0.986. The lowest BCUT2D eigenvalue weighted by atomic mass is 10.0. The number of carbonyl (C=O) groups is 1. The summed E-state index contributed by atoms with van der Waals surface area (Å²) >= 11 is 1.57. The van der Waals surface area contributed by atoms with E-state index in [9.17, 15) is 4.79 Å². The van der Waals surface area contributed by atoms with Gasteiger partial charge in [-0.3, -0.25) is 0 Å². The second-order valence-electron chi connectivity index (χ2n) is 5.84. The zero-order chi connectivity index (χ0) is 18.2. The van der Waals surface area contributed by atoms with Gasteiger partial charge in [0, 0.05) is 13.1 Å². The molecule has 1 unspecified atom stereocenters. The number of ether oxygens (including phenoxy) is 1. The number of aliphatic hydroxyl groups excluding tert-OH is 1. The zero-order valence-electron chi connectivity index (χ0n) is 14.4. The lowest BCUT2D eigenvalue weighted by Crippen LogP contribution is -2.38. The van der Waals surface area contributed by atoms with Crippen molar-refractivity contribution in [3.8, 4) is 0 Å². The molecule has 0 fully saturated rings. The fourth-order valence-corrected chi connectivity index (χ4v) is 3.50. The van der Waals surface area contributed by atoms with Crippen molar-refractivity contribution in [2.24, 2.45) is 0 Å². The molecule has 1 aromatic heterocycles. The van der Waals surface area contributed by atoms with Crippen LogP contribution in [0.25, 0.3) is 10.8 Å². The van der Waals surface area contributed by atoms with E-state index in [1.54, 1.807) is 11.3 Å². The number of urea groups is 1. The van der Waals surface area contributed by atoms with Gasteiger partial charge >= 0.3 is 6.03 Å². The minimum Gasteiger partial charge on any atom is -0.394 e. The highest BCUT2D eigenvalue weighted by Crippen LogP contribution is 2.20. The highest BCUT2D eigenvalue weighted by molar-refractivity contribution is 7.07. The maximum Gasteiger partial charge on any atom is 0.315 e. The molecule has 3 rings (SSSR count). The normalized spacial score (nSPS) is 12.0. The molecule has 136 valence electrons. The molecule has 1 atom stereocenters. The molecular formula is C20H22N2O3S. The fourth-order valence-electron chi connectivity index (χ4n) is 2.80. The van der Waals surface area contributed by atoms with Crippen molar-refractivity contribution >= 4 is 28.1 Å². The molecule has 0 aliphatic carbocycles. The molecular weight excluding hydrogens is 348 g/mol. The van der Waals surface area contributed by atoms with Gasteiger partial charge in [-0.2, -0.15) is 11.3 Å². The summed E-state index contributed by atoms with van der Waals surface area (Å²) in [6, 6.07) is 15.9. The number of hydrogen-bond acceptors (Lipinski definition) is 4. The van der Waals surface area contributed by atoms with Crippen LogP contribution < -0.4 is 10.6 Å². The lowest BCUT2D eigenvalue weighted by Gasteiger charge is -2.17. The standard InChI is InChI=1S/C20H22N2O3S/c23-9-10-25-19(17-8-11-26-14-17)13-22-20(24)21-12-16-6-3-5-15-4-1-2-7-18(15)16/h1-8,11,14,19,23H,9-10,12-13H2,(H2,21,22,24). The third-order valence-corrected chi connectivity index (χ3v) is 4.79. The summed E-state index contributed by atoms with van der Waals surface area (Å²) in [5, 5.41) is 20.9. The predicted octanol–water partition coefficient (Wildman–Crippen LogP) is 3.45. The largest absolute Gasteiger partial charge is 0.394 e. The summed E-state index contributed by atoms with van der Waals surface area (Å²) in [5.41, 5.74) is 2.07. The van der Waals surface area contributed by atoms with E-state index in [0.29, 0.717) is 13.1 Å². The van der Waals surface area contributed by atoms with Gasteiger partial charge in [0.1, 0.15) is 6.10 Å². The van der Waals surface area contributed by atoms with Crippen molar-refractivity contribution in [3.63, 3.8) is 0 Å². The minimum atomic E-state index is -0.267. The minimum absolute atomic E-state index is 0.0477. The maximum atomic E-state index is 12.2. The highest BCUT2D eigenvalue weighted by Gasteiger charge is 2.14. The van der Waals surface area contributed by atoms with Crippen molar-refractivity contribution < 1.29 is 14.6 Å². The van der Waals surface area contributed by atoms with Gasteiger partial charge in [0.25, 0.3) is 0 Å². The first-order valence-corrected chi connectivity index (χ1v) is 9.45. The Balaban J connectivity index is 1.54. The summed E-state index contributed by atoms with van der Waals surface area (Å²) < 4.78 is 5.62. The Morgan fingerprint density at radius 2 is 1.96 bits per heavy atom. The van der Waals surface area contributed by atoms with Crippen LogP contribution in [0.15, 0.2) is 59.3 Å². The molecule has 0 spiro atoms. The Morgan fingerprint density at radius 3 is 2.77 bits per heavy atom. The average Bonchev–Trinajstić information content (AvgIpc) is 3.21. The number of benzene rings is 2. The molecule has 2 amide bonds. The topological polar surface area (TPSA) is 70.6 Å². The zero-order valence-corrected chi connectivity index (χ0v) is 15.2. The van der Waals surface area contributed by atoms with Crippen molar-refractivity contribution in [2.75, 3.05) is 19.8 Å². The molecule has 1 heterocycles. The quantitative estimate of drug-likeness (QED) is 0.569. The van der Waals surface area contributed by atoms with Crippen LogP contribution >= 0.6 is 11.3 Å². The van der Waals surface area contributed by atoms with Gasteiger partial charge in [-0.05, 0) is 38.7 Å². The molecule has 0 bridgehead atoms. The van der Waals surface area contributed by atoms with Gasteiger partial charge in [0.15, 0.2) is 0 Å². The Hall–Kier alpha value is -2.41. The third kappa shape index (κ3) is 4.82. The number of fused-ring (bicyclic) bond motifs is 1. The third-order valence-electron chi connectivity index (χ3n) is 4.09. The van der Waals surface area contributed by atoms with Gasteiger partial charge in [-0.15, -0.1) is 0 Å². The maximum absolute atomic E-state index is 12.2. The molecule has 0 saturated carbocycles. The molecule has 26 heavy (non-hydrogen) atoms. The molecule has 0 aliphatic heterocycles. The Kier molecular flexibility index (Phi) is 6.60. The molecule has 0 radical (unpaired) electrons. The fraction of sp³-hybridized carbons (Fsp3) is 0.250. The molecule has 5 nitrogen and oxygen atoms in total. The van der Waals surface area contributed by atoms with Crippen LogP contribution in [0.5, 0.6) is 0 Å². The van der Waals surface area contributed by atoms with Crippen molar-refractivity contribution in [1.82, 2.24) is 10.6 Å². The average molecular weight is 370 g/mol. The van der Waals surface area contributed by atoms with Gasteiger partial charge in [0.2, 0.25) is 0 Å². The molecule has 3 aromatic rings. The van der Waals surface area contributed by atoms with Gasteiger partial charge in [-0.1, -0.05) is 42.5 Å². The van der Waals surface area contributed by atoms with Gasteiger partial charge < -0.3 is 20.5 Å². The monoisotopic (exact) mass is 370 g/mol. The first-order valence-electron chi connectivity index (χ1n) is 8.51. The number of amides is 2. The van der Waals surface area contributed by atoms with E-state index in [2.05, 4.69) is 28.8 Å². The van der Waals surface area contributed by atoms with Crippen LogP contribution in [0.4, 0.5) is 4.79 Å². The van der Waals surface area contributed by atoms with E-state index in [0.717, 1.165) is 21.9 Å². The van der Waals surface area contributed by atoms with E-state index in [-0.39, 0.29) is 25.3 Å². The number of hydrogen-bond donors (Lipinski definition) is 3. The van der Waals surface area contributed by atoms with Gasteiger partial charge in [-0.25, -0.2) is 4.79 Å². The molecule has 3 N–H and O–H groups in total. The van der Waals surface area contributed by atoms with Crippen LogP contribution in [0.2, 0.25) is 0 Å². The highest BCUT2D eigenvalue weighted by atomic mass is 32.1. The SMILES string of the molecule is O=C(NCc1cccc2ccccc12)NCC(OCCO)c1ccsc1. The molecule has 2 aromatic carbocycles. The summed E-state index contributed by atoms with van der Waals surface area (Å²) in [7, 11) is 0. The van der Waals surface area contributed by atoms with Crippen LogP contribution in [-0.2, 0) is 11.3 Å². The van der Waals surface area contributed by atoms with E-state index >= 15 is 0 Å². The number of carbonyl (C=O) groups excluding carboxylic acids is 1. The number of thiophene rings is 1. The van der Waals surface area contributed by atoms with Crippen LogP contribution in [-0.4, -0.2) is 30.9 Å². The van der Waals surface area contributed by atoms with E-state index in [4.69, 9.17) is 9.84 Å². The lowest BCUT2D eigenvalue weighted by molar-refractivity contribution is 0.0297. The first-order chi connectivity index (χ1) is 12.8. The number of nitrogens with one attached hydrogen (secondary N) is 2. The first kappa shape index (κ1) is 18.4. The Bertz CT molecular complexity index is 831. The molecule has 6 heteroatoms. The Labute approximate surface area is 156 Å². The number of aliphatic hydroxyl groups is 1. The second-order valence-corrected chi connectivity index (χ2v) is 6.62. The predicted molar refractivity (Wildman–Crippen MR) is 104 cm³/mol. The summed E-state index contributed by atoms with van der Waals surface area (Å²) in [4.78, 5) is 12.2. The van der Waals surface area contributed by atoms with Gasteiger partial charge in [0.05, 0.1) is 13.2 Å². The van der Waals surface area contributed by atoms with E-state index in [1.807, 2.05) is 41.1 Å². The van der Waals surface area contributed by atoms with E-state index in [1.165, 1.54) is 0 Å². The molecule has 0 aliphatic rings. The van der Waals surface area contributed by atoms with Crippen LogP contribution in [0.1, 0.15) is 17.2 Å².